The number of hydrogen-bond acceptors (Lipinski definition) is 5. The second-order valence-corrected chi connectivity index (χ2v) is 6.70. The number of benzene rings is 2. The summed E-state index contributed by atoms with van der Waals surface area (Å²) in [5.41, 5.74) is 5.87. The predicted molar refractivity (Wildman–Crippen MR) is 101 cm³/mol. The number of hydrogen-bond donors (Lipinski definition) is 1. The van der Waals surface area contributed by atoms with E-state index in [1.807, 2.05) is 48.5 Å². The van der Waals surface area contributed by atoms with Crippen LogP contribution < -0.4 is 14.9 Å². The molecule has 1 fully saturated rings. The minimum atomic E-state index is -0.243. The molecule has 0 atom stereocenters. The molecule has 0 unspecified atom stereocenters. The zero-order chi connectivity index (χ0) is 18.2. The number of ether oxygens (including phenoxy) is 2. The largest absolute Gasteiger partial charge is 0.454 e. The quantitative estimate of drug-likeness (QED) is 0.571. The molecule has 5 rings (SSSR count). The van der Waals surface area contributed by atoms with Crippen molar-refractivity contribution in [3.8, 4) is 11.5 Å². The zero-order valence-corrected chi connectivity index (χ0v) is 14.5. The average molecular weight is 359 g/mol. The first-order valence-electron chi connectivity index (χ1n) is 8.91. The van der Waals surface area contributed by atoms with Gasteiger partial charge in [0, 0.05) is 17.0 Å². The van der Waals surface area contributed by atoms with E-state index in [2.05, 4.69) is 10.5 Å². The molecule has 1 saturated carbocycles. The van der Waals surface area contributed by atoms with E-state index in [1.54, 1.807) is 6.21 Å². The van der Waals surface area contributed by atoms with Gasteiger partial charge in [-0.2, -0.15) is 5.10 Å². The van der Waals surface area contributed by atoms with Crippen LogP contribution in [0, 0.1) is 0 Å². The molecule has 0 spiro atoms. The third kappa shape index (κ3) is 3.10. The summed E-state index contributed by atoms with van der Waals surface area (Å²) in [5, 5.41) is 4.93. The Bertz CT molecular complexity index is 1070. The van der Waals surface area contributed by atoms with Crippen molar-refractivity contribution in [1.82, 2.24) is 10.4 Å². The van der Waals surface area contributed by atoms with E-state index < -0.39 is 0 Å². The van der Waals surface area contributed by atoms with Crippen molar-refractivity contribution in [2.75, 3.05) is 6.79 Å². The first-order valence-corrected chi connectivity index (χ1v) is 8.91. The van der Waals surface area contributed by atoms with E-state index in [4.69, 9.17) is 14.5 Å². The lowest BCUT2D eigenvalue weighted by Gasteiger charge is -2.08. The lowest BCUT2D eigenvalue weighted by molar-refractivity contribution is 0.0956. The minimum absolute atomic E-state index is 0.227. The number of carbonyl (C=O) groups excluding carboxylic acids is 1. The Morgan fingerprint density at radius 3 is 2.85 bits per heavy atom. The molecule has 0 saturated heterocycles. The number of rotatable bonds is 4. The standard InChI is InChI=1S/C21H17N3O3/c25-21(24-22-11-13-5-8-19-20(9-13)27-12-26-19)16-10-18(14-6-7-14)23-17-4-2-1-3-15(16)17/h1-5,8-11,14H,6-7,12H2,(H,24,25)/b22-11+. The Labute approximate surface area is 155 Å². The Morgan fingerprint density at radius 1 is 1.11 bits per heavy atom. The maximum absolute atomic E-state index is 12.7. The molecule has 6 nitrogen and oxygen atoms in total. The van der Waals surface area contributed by atoms with Crippen LogP contribution >= 0.6 is 0 Å². The first-order chi connectivity index (χ1) is 13.3. The van der Waals surface area contributed by atoms with Gasteiger partial charge in [0.05, 0.1) is 17.3 Å². The third-order valence-corrected chi connectivity index (χ3v) is 4.75. The number of carbonyl (C=O) groups is 1. The third-order valence-electron chi connectivity index (χ3n) is 4.75. The van der Waals surface area contributed by atoms with Crippen molar-refractivity contribution in [1.29, 1.82) is 0 Å². The van der Waals surface area contributed by atoms with Crippen molar-refractivity contribution in [3.05, 3.63) is 65.4 Å². The van der Waals surface area contributed by atoms with E-state index >= 15 is 0 Å². The smallest absolute Gasteiger partial charge is 0.272 e. The summed E-state index contributed by atoms with van der Waals surface area (Å²) in [6, 6.07) is 15.1. The van der Waals surface area contributed by atoms with E-state index in [9.17, 15) is 4.79 Å². The Hall–Kier alpha value is -3.41. The van der Waals surface area contributed by atoms with Crippen molar-refractivity contribution in [2.24, 2.45) is 5.10 Å². The van der Waals surface area contributed by atoms with E-state index in [1.165, 1.54) is 0 Å². The molecule has 1 aromatic heterocycles. The normalized spacial score (nSPS) is 15.4. The highest BCUT2D eigenvalue weighted by Crippen LogP contribution is 2.40. The lowest BCUT2D eigenvalue weighted by Crippen LogP contribution is -2.18. The van der Waals surface area contributed by atoms with Crippen molar-refractivity contribution in [2.45, 2.75) is 18.8 Å². The summed E-state index contributed by atoms with van der Waals surface area (Å²) in [5.74, 6) is 1.62. The van der Waals surface area contributed by atoms with Crippen LogP contribution in [-0.4, -0.2) is 23.9 Å². The fraction of sp³-hybridized carbons (Fsp3) is 0.190. The molecule has 1 aliphatic heterocycles. The Kier molecular flexibility index (Phi) is 3.74. The maximum atomic E-state index is 12.7. The van der Waals surface area contributed by atoms with Gasteiger partial charge in [-0.05, 0) is 48.7 Å². The Balaban J connectivity index is 1.39. The number of nitrogens with zero attached hydrogens (tertiary/aromatic N) is 2. The number of hydrazone groups is 1. The van der Waals surface area contributed by atoms with Crippen LogP contribution in [0.15, 0.2) is 53.6 Å². The molecule has 3 aromatic rings. The van der Waals surface area contributed by atoms with Gasteiger partial charge in [0.15, 0.2) is 11.5 Å². The summed E-state index contributed by atoms with van der Waals surface area (Å²) in [6.07, 6.45) is 3.86. The van der Waals surface area contributed by atoms with E-state index in [0.717, 1.165) is 35.0 Å². The fourth-order valence-electron chi connectivity index (χ4n) is 3.19. The molecule has 0 radical (unpaired) electrons. The molecular weight excluding hydrogens is 342 g/mol. The maximum Gasteiger partial charge on any atom is 0.272 e. The average Bonchev–Trinajstić information content (AvgIpc) is 3.45. The van der Waals surface area contributed by atoms with Gasteiger partial charge >= 0.3 is 0 Å². The SMILES string of the molecule is O=C(N/N=C/c1ccc2c(c1)OCO2)c1cc(C2CC2)nc2ccccc12. The second-order valence-electron chi connectivity index (χ2n) is 6.70. The Morgan fingerprint density at radius 2 is 1.96 bits per heavy atom. The van der Waals surface area contributed by atoms with Crippen LogP contribution in [0.1, 0.15) is 40.4 Å². The highest BCUT2D eigenvalue weighted by atomic mass is 16.7. The monoisotopic (exact) mass is 359 g/mol. The molecule has 0 bridgehead atoms. The summed E-state index contributed by atoms with van der Waals surface area (Å²) in [7, 11) is 0. The van der Waals surface area contributed by atoms with Crippen LogP contribution in [-0.2, 0) is 0 Å². The molecule has 27 heavy (non-hydrogen) atoms. The van der Waals surface area contributed by atoms with Gasteiger partial charge in [-0.25, -0.2) is 5.43 Å². The number of pyridine rings is 1. The summed E-state index contributed by atoms with van der Waals surface area (Å²) in [4.78, 5) is 17.4. The molecule has 1 aliphatic carbocycles. The second kappa shape index (κ2) is 6.39. The lowest BCUT2D eigenvalue weighted by atomic mass is 10.1. The molecule has 134 valence electrons. The topological polar surface area (TPSA) is 72.8 Å². The van der Waals surface area contributed by atoms with Crippen LogP contribution in [0.2, 0.25) is 0 Å². The zero-order valence-electron chi connectivity index (χ0n) is 14.5. The molecule has 2 aromatic carbocycles. The number of nitrogens with one attached hydrogen (secondary N) is 1. The first kappa shape index (κ1) is 15.8. The number of para-hydroxylation sites is 1. The minimum Gasteiger partial charge on any atom is -0.454 e. The summed E-state index contributed by atoms with van der Waals surface area (Å²) < 4.78 is 10.6. The van der Waals surface area contributed by atoms with Crippen molar-refractivity contribution in [3.63, 3.8) is 0 Å². The van der Waals surface area contributed by atoms with Gasteiger partial charge in [-0.15, -0.1) is 0 Å². The molecule has 2 aliphatic rings. The number of fused-ring (bicyclic) bond motifs is 2. The van der Waals surface area contributed by atoms with Crippen molar-refractivity contribution >= 4 is 23.0 Å². The molecule has 2 heterocycles. The predicted octanol–water partition coefficient (Wildman–Crippen LogP) is 3.60. The van der Waals surface area contributed by atoms with Gasteiger partial charge in [0.1, 0.15) is 0 Å². The van der Waals surface area contributed by atoms with Gasteiger partial charge in [-0.3, -0.25) is 9.78 Å². The van der Waals surface area contributed by atoms with Crippen LogP contribution in [0.3, 0.4) is 0 Å². The summed E-state index contributed by atoms with van der Waals surface area (Å²) >= 11 is 0. The van der Waals surface area contributed by atoms with Gasteiger partial charge in [0.25, 0.3) is 5.91 Å². The van der Waals surface area contributed by atoms with Crippen molar-refractivity contribution < 1.29 is 14.3 Å². The van der Waals surface area contributed by atoms with Crippen LogP contribution in [0.5, 0.6) is 11.5 Å². The summed E-state index contributed by atoms with van der Waals surface area (Å²) in [6.45, 7) is 0.227. The fourth-order valence-corrected chi connectivity index (χ4v) is 3.19. The van der Waals surface area contributed by atoms with Crippen LogP contribution in [0.4, 0.5) is 0 Å². The number of amides is 1. The molecule has 1 N–H and O–H groups in total. The highest BCUT2D eigenvalue weighted by Gasteiger charge is 2.26. The number of aromatic nitrogens is 1. The van der Waals surface area contributed by atoms with Crippen LogP contribution in [0.25, 0.3) is 10.9 Å². The highest BCUT2D eigenvalue weighted by molar-refractivity contribution is 6.06. The van der Waals surface area contributed by atoms with Gasteiger partial charge in [-0.1, -0.05) is 18.2 Å². The van der Waals surface area contributed by atoms with E-state index in [0.29, 0.717) is 23.0 Å². The molecule has 6 heteroatoms. The van der Waals surface area contributed by atoms with E-state index in [-0.39, 0.29) is 12.7 Å². The van der Waals surface area contributed by atoms with Gasteiger partial charge < -0.3 is 9.47 Å². The molecule has 1 amide bonds. The molecular formula is C21H17N3O3. The van der Waals surface area contributed by atoms with Gasteiger partial charge in [0.2, 0.25) is 6.79 Å².